The Balaban J connectivity index is 2.78. The Morgan fingerprint density at radius 2 is 2.25 bits per heavy atom. The van der Waals surface area contributed by atoms with E-state index in [4.69, 9.17) is 9.84 Å². The van der Waals surface area contributed by atoms with Crippen LogP contribution >= 0.6 is 0 Å². The van der Waals surface area contributed by atoms with E-state index in [1.165, 1.54) is 6.07 Å². The van der Waals surface area contributed by atoms with Crippen LogP contribution in [0.4, 0.5) is 4.39 Å². The predicted octanol–water partition coefficient (Wildman–Crippen LogP) is 1.51. The van der Waals surface area contributed by atoms with Crippen molar-refractivity contribution in [3.8, 4) is 5.75 Å². The maximum Gasteiger partial charge on any atom is 0.129 e. The average Bonchev–Trinajstić information content (AvgIpc) is 2.08. The van der Waals surface area contributed by atoms with E-state index in [2.05, 4.69) is 0 Å². The maximum atomic E-state index is 12.9. The SMILES string of the molecule is Cc1c(F)cccc1OCCO. The molecule has 0 amide bonds. The van der Waals surface area contributed by atoms with Gasteiger partial charge in [-0.25, -0.2) is 4.39 Å². The lowest BCUT2D eigenvalue weighted by atomic mass is 10.2. The maximum absolute atomic E-state index is 12.9. The highest BCUT2D eigenvalue weighted by molar-refractivity contribution is 5.33. The highest BCUT2D eigenvalue weighted by Gasteiger charge is 2.02. The fourth-order valence-corrected chi connectivity index (χ4v) is 0.900. The highest BCUT2D eigenvalue weighted by atomic mass is 19.1. The van der Waals surface area contributed by atoms with Crippen LogP contribution < -0.4 is 4.74 Å². The molecule has 1 aromatic carbocycles. The van der Waals surface area contributed by atoms with E-state index in [-0.39, 0.29) is 19.0 Å². The Kier molecular flexibility index (Phi) is 3.05. The van der Waals surface area contributed by atoms with E-state index in [1.54, 1.807) is 19.1 Å². The third-order valence-electron chi connectivity index (χ3n) is 1.57. The van der Waals surface area contributed by atoms with Crippen LogP contribution in [0.5, 0.6) is 5.75 Å². The van der Waals surface area contributed by atoms with Gasteiger partial charge in [0, 0.05) is 5.56 Å². The van der Waals surface area contributed by atoms with Crippen molar-refractivity contribution in [2.24, 2.45) is 0 Å². The number of hydrogen-bond donors (Lipinski definition) is 1. The summed E-state index contributed by atoms with van der Waals surface area (Å²) in [6.45, 7) is 1.78. The van der Waals surface area contributed by atoms with Crippen LogP contribution in [0.2, 0.25) is 0 Å². The fourth-order valence-electron chi connectivity index (χ4n) is 0.900. The Hall–Kier alpha value is -1.09. The molecule has 0 radical (unpaired) electrons. The Morgan fingerprint density at radius 1 is 1.50 bits per heavy atom. The molecule has 0 aliphatic carbocycles. The first-order valence-electron chi connectivity index (χ1n) is 3.74. The monoisotopic (exact) mass is 170 g/mol. The Bertz CT molecular complexity index is 261. The van der Waals surface area contributed by atoms with Gasteiger partial charge in [0.05, 0.1) is 6.61 Å². The fraction of sp³-hybridized carbons (Fsp3) is 0.333. The first kappa shape index (κ1) is 9.00. The zero-order valence-corrected chi connectivity index (χ0v) is 6.88. The number of rotatable bonds is 3. The number of halogens is 1. The van der Waals surface area contributed by atoms with Gasteiger partial charge in [-0.1, -0.05) is 6.07 Å². The van der Waals surface area contributed by atoms with E-state index in [9.17, 15) is 4.39 Å². The Morgan fingerprint density at radius 3 is 2.92 bits per heavy atom. The summed E-state index contributed by atoms with van der Waals surface area (Å²) in [5, 5.41) is 8.47. The van der Waals surface area contributed by atoms with Crippen LogP contribution in [-0.2, 0) is 0 Å². The van der Waals surface area contributed by atoms with Crippen molar-refractivity contribution < 1.29 is 14.2 Å². The summed E-state index contributed by atoms with van der Waals surface area (Å²) in [6.07, 6.45) is 0. The van der Waals surface area contributed by atoms with Crippen LogP contribution in [0.25, 0.3) is 0 Å². The van der Waals surface area contributed by atoms with Crippen molar-refractivity contribution in [3.63, 3.8) is 0 Å². The predicted molar refractivity (Wildman–Crippen MR) is 43.7 cm³/mol. The molecule has 1 aromatic rings. The van der Waals surface area contributed by atoms with Crippen LogP contribution in [-0.4, -0.2) is 18.3 Å². The lowest BCUT2D eigenvalue weighted by Gasteiger charge is -2.07. The zero-order chi connectivity index (χ0) is 8.97. The van der Waals surface area contributed by atoms with E-state index in [0.717, 1.165) is 0 Å². The minimum absolute atomic E-state index is 0.0596. The number of ether oxygens (including phenoxy) is 1. The molecule has 3 heteroatoms. The van der Waals surface area contributed by atoms with Gasteiger partial charge < -0.3 is 9.84 Å². The third-order valence-corrected chi connectivity index (χ3v) is 1.57. The summed E-state index contributed by atoms with van der Waals surface area (Å²) < 4.78 is 17.9. The number of aliphatic hydroxyl groups is 1. The van der Waals surface area contributed by atoms with Gasteiger partial charge in [-0.15, -0.1) is 0 Å². The molecule has 0 spiro atoms. The van der Waals surface area contributed by atoms with Crippen molar-refractivity contribution in [2.75, 3.05) is 13.2 Å². The molecule has 0 aliphatic rings. The molecule has 1 N–H and O–H groups in total. The number of benzene rings is 1. The topological polar surface area (TPSA) is 29.5 Å². The summed E-state index contributed by atoms with van der Waals surface area (Å²) in [5.74, 6) is 0.203. The van der Waals surface area contributed by atoms with Crippen LogP contribution in [0.3, 0.4) is 0 Å². The number of hydrogen-bond acceptors (Lipinski definition) is 2. The number of aliphatic hydroxyl groups excluding tert-OH is 1. The highest BCUT2D eigenvalue weighted by Crippen LogP contribution is 2.19. The van der Waals surface area contributed by atoms with Crippen molar-refractivity contribution in [1.82, 2.24) is 0 Å². The molecule has 12 heavy (non-hydrogen) atoms. The molecular formula is C9H11FO2. The van der Waals surface area contributed by atoms with Crippen molar-refractivity contribution in [1.29, 1.82) is 0 Å². The van der Waals surface area contributed by atoms with E-state index >= 15 is 0 Å². The van der Waals surface area contributed by atoms with Crippen molar-refractivity contribution in [2.45, 2.75) is 6.92 Å². The summed E-state index contributed by atoms with van der Waals surface area (Å²) in [4.78, 5) is 0. The van der Waals surface area contributed by atoms with Gasteiger partial charge in [0.2, 0.25) is 0 Å². The second-order valence-electron chi connectivity index (χ2n) is 2.44. The molecule has 0 atom stereocenters. The molecular weight excluding hydrogens is 159 g/mol. The van der Waals surface area contributed by atoms with Gasteiger partial charge in [0.1, 0.15) is 18.2 Å². The van der Waals surface area contributed by atoms with Gasteiger partial charge in [0.15, 0.2) is 0 Å². The summed E-state index contributed by atoms with van der Waals surface area (Å²) in [7, 11) is 0. The van der Waals surface area contributed by atoms with Crippen LogP contribution in [0.1, 0.15) is 5.56 Å². The molecule has 0 aliphatic heterocycles. The van der Waals surface area contributed by atoms with Gasteiger partial charge in [0.25, 0.3) is 0 Å². The van der Waals surface area contributed by atoms with Gasteiger partial charge in [-0.05, 0) is 19.1 Å². The van der Waals surface area contributed by atoms with Gasteiger partial charge in [-0.3, -0.25) is 0 Å². The second kappa shape index (κ2) is 4.07. The third kappa shape index (κ3) is 1.95. The van der Waals surface area contributed by atoms with E-state index < -0.39 is 0 Å². The molecule has 0 bridgehead atoms. The Labute approximate surface area is 70.6 Å². The molecule has 0 heterocycles. The summed E-state index contributed by atoms with van der Waals surface area (Å²) in [6, 6.07) is 4.63. The largest absolute Gasteiger partial charge is 0.491 e. The minimum atomic E-state index is -0.287. The molecule has 0 fully saturated rings. The average molecular weight is 170 g/mol. The van der Waals surface area contributed by atoms with Gasteiger partial charge in [-0.2, -0.15) is 0 Å². The summed E-state index contributed by atoms with van der Waals surface area (Å²) in [5.41, 5.74) is 0.478. The first-order valence-corrected chi connectivity index (χ1v) is 3.74. The molecule has 0 aromatic heterocycles. The molecule has 0 unspecified atom stereocenters. The smallest absolute Gasteiger partial charge is 0.129 e. The molecule has 66 valence electrons. The standard InChI is InChI=1S/C9H11FO2/c1-7-8(10)3-2-4-9(7)12-6-5-11/h2-4,11H,5-6H2,1H3. The second-order valence-corrected chi connectivity index (χ2v) is 2.44. The normalized spacial score (nSPS) is 9.92. The van der Waals surface area contributed by atoms with Crippen LogP contribution in [0, 0.1) is 12.7 Å². The van der Waals surface area contributed by atoms with E-state index in [1.807, 2.05) is 0 Å². The van der Waals surface area contributed by atoms with Crippen LogP contribution in [0.15, 0.2) is 18.2 Å². The van der Waals surface area contributed by atoms with Gasteiger partial charge >= 0.3 is 0 Å². The quantitative estimate of drug-likeness (QED) is 0.745. The van der Waals surface area contributed by atoms with E-state index in [0.29, 0.717) is 11.3 Å². The zero-order valence-electron chi connectivity index (χ0n) is 6.88. The first-order chi connectivity index (χ1) is 5.75. The lowest BCUT2D eigenvalue weighted by Crippen LogP contribution is -2.03. The summed E-state index contributed by atoms with van der Waals surface area (Å²) >= 11 is 0. The van der Waals surface area contributed by atoms with Crippen molar-refractivity contribution >= 4 is 0 Å². The molecule has 0 saturated carbocycles. The molecule has 0 saturated heterocycles. The van der Waals surface area contributed by atoms with Crippen molar-refractivity contribution in [3.05, 3.63) is 29.6 Å². The lowest BCUT2D eigenvalue weighted by molar-refractivity contribution is 0.200. The molecule has 2 nitrogen and oxygen atoms in total. The minimum Gasteiger partial charge on any atom is -0.491 e. The molecule has 1 rings (SSSR count).